The Morgan fingerprint density at radius 2 is 1.90 bits per heavy atom. The number of aryl methyl sites for hydroxylation is 1. The van der Waals surface area contributed by atoms with Crippen molar-refractivity contribution in [3.05, 3.63) is 54.1 Å². The Morgan fingerprint density at radius 3 is 2.57 bits per heavy atom. The number of carbonyl (C=O) groups excluding carboxylic acids is 1. The number of rotatable bonds is 5. The van der Waals surface area contributed by atoms with Gasteiger partial charge in [0.2, 0.25) is 0 Å². The molecule has 2 rings (SSSR count). The van der Waals surface area contributed by atoms with Gasteiger partial charge in [-0.25, -0.2) is 18.4 Å². The third-order valence-electron chi connectivity index (χ3n) is 2.77. The lowest BCUT2D eigenvalue weighted by Crippen LogP contribution is -2.29. The summed E-state index contributed by atoms with van der Waals surface area (Å²) in [6.45, 7) is 1.70. The average Bonchev–Trinajstić information content (AvgIpc) is 2.48. The number of nitrogens with zero attached hydrogens (tertiary/aromatic N) is 2. The molecule has 1 amide bonds. The van der Waals surface area contributed by atoms with E-state index in [1.807, 2.05) is 0 Å². The Morgan fingerprint density at radius 1 is 1.19 bits per heavy atom. The molecule has 110 valence electrons. The quantitative estimate of drug-likeness (QED) is 0.889. The first-order chi connectivity index (χ1) is 9.99. The molecule has 6 nitrogen and oxygen atoms in total. The molecular weight excluding hydrogens is 290 g/mol. The fourth-order valence-corrected chi connectivity index (χ4v) is 2.90. The van der Waals surface area contributed by atoms with E-state index in [1.165, 1.54) is 24.4 Å². The third-order valence-corrected chi connectivity index (χ3v) is 4.50. The van der Waals surface area contributed by atoms with Crippen LogP contribution in [0.2, 0.25) is 0 Å². The molecule has 0 saturated heterocycles. The van der Waals surface area contributed by atoms with Crippen molar-refractivity contribution in [3.8, 4) is 0 Å². The Bertz CT molecular complexity index is 730. The number of aromatic nitrogens is 2. The first-order valence-corrected chi connectivity index (χ1v) is 8.00. The highest BCUT2D eigenvalue weighted by Crippen LogP contribution is 2.09. The minimum absolute atomic E-state index is 0.0269. The number of benzene rings is 1. The van der Waals surface area contributed by atoms with Crippen molar-refractivity contribution in [2.75, 3.05) is 12.3 Å². The van der Waals surface area contributed by atoms with Gasteiger partial charge in [-0.05, 0) is 25.1 Å². The highest BCUT2D eigenvalue weighted by molar-refractivity contribution is 7.91. The molecule has 1 heterocycles. The van der Waals surface area contributed by atoms with Gasteiger partial charge >= 0.3 is 0 Å². The smallest absolute Gasteiger partial charge is 0.270 e. The second-order valence-electron chi connectivity index (χ2n) is 4.38. The number of carbonyl (C=O) groups is 1. The summed E-state index contributed by atoms with van der Waals surface area (Å²) in [7, 11) is -3.39. The van der Waals surface area contributed by atoms with E-state index in [2.05, 4.69) is 15.3 Å². The van der Waals surface area contributed by atoms with Crippen LogP contribution in [-0.4, -0.2) is 36.6 Å². The lowest BCUT2D eigenvalue weighted by Gasteiger charge is -2.06. The van der Waals surface area contributed by atoms with Crippen LogP contribution in [0.15, 0.2) is 47.5 Å². The van der Waals surface area contributed by atoms with Crippen LogP contribution in [0.5, 0.6) is 0 Å². The minimum atomic E-state index is -3.39. The molecule has 0 fully saturated rings. The lowest BCUT2D eigenvalue weighted by molar-refractivity contribution is 0.0950. The van der Waals surface area contributed by atoms with Gasteiger partial charge in [0, 0.05) is 12.7 Å². The summed E-state index contributed by atoms with van der Waals surface area (Å²) in [5, 5.41) is 2.54. The van der Waals surface area contributed by atoms with Crippen molar-refractivity contribution in [1.82, 2.24) is 15.3 Å². The van der Waals surface area contributed by atoms with E-state index in [0.717, 1.165) is 0 Å². The Hall–Kier alpha value is -2.28. The number of sulfone groups is 1. The van der Waals surface area contributed by atoms with Crippen molar-refractivity contribution >= 4 is 15.7 Å². The number of hydrogen-bond acceptors (Lipinski definition) is 5. The van der Waals surface area contributed by atoms with Gasteiger partial charge in [0.05, 0.1) is 10.6 Å². The molecule has 0 bridgehead atoms. The molecule has 0 spiro atoms. The lowest BCUT2D eigenvalue weighted by atomic mass is 10.4. The summed E-state index contributed by atoms with van der Waals surface area (Å²) in [6, 6.07) is 9.62. The van der Waals surface area contributed by atoms with E-state index in [-0.39, 0.29) is 22.9 Å². The predicted octanol–water partition coefficient (Wildman–Crippen LogP) is 0.989. The van der Waals surface area contributed by atoms with Gasteiger partial charge < -0.3 is 5.32 Å². The molecule has 0 aliphatic rings. The van der Waals surface area contributed by atoms with Crippen molar-refractivity contribution in [1.29, 1.82) is 0 Å². The van der Waals surface area contributed by atoms with Crippen LogP contribution in [0.25, 0.3) is 0 Å². The number of amides is 1. The molecule has 0 radical (unpaired) electrons. The summed E-state index contributed by atoms with van der Waals surface area (Å²) < 4.78 is 24.1. The van der Waals surface area contributed by atoms with Gasteiger partial charge in [-0.1, -0.05) is 18.2 Å². The van der Waals surface area contributed by atoms with Gasteiger partial charge in [-0.2, -0.15) is 0 Å². The van der Waals surface area contributed by atoms with Crippen molar-refractivity contribution in [3.63, 3.8) is 0 Å². The second-order valence-corrected chi connectivity index (χ2v) is 6.49. The van der Waals surface area contributed by atoms with Crippen molar-refractivity contribution < 1.29 is 13.2 Å². The SMILES string of the molecule is Cc1nccc(C(=O)NCCS(=O)(=O)c2ccccc2)n1. The predicted molar refractivity (Wildman–Crippen MR) is 77.6 cm³/mol. The fraction of sp³-hybridized carbons (Fsp3) is 0.214. The van der Waals surface area contributed by atoms with E-state index in [4.69, 9.17) is 0 Å². The van der Waals surface area contributed by atoms with E-state index >= 15 is 0 Å². The maximum atomic E-state index is 12.0. The Balaban J connectivity index is 1.94. The van der Waals surface area contributed by atoms with Crippen LogP contribution in [0.1, 0.15) is 16.3 Å². The van der Waals surface area contributed by atoms with Crippen LogP contribution in [0.3, 0.4) is 0 Å². The largest absolute Gasteiger partial charge is 0.350 e. The molecule has 2 aromatic rings. The van der Waals surface area contributed by atoms with Crippen molar-refractivity contribution in [2.45, 2.75) is 11.8 Å². The summed E-state index contributed by atoms with van der Waals surface area (Å²) >= 11 is 0. The zero-order chi connectivity index (χ0) is 15.3. The minimum Gasteiger partial charge on any atom is -0.350 e. The van der Waals surface area contributed by atoms with Gasteiger partial charge in [-0.3, -0.25) is 4.79 Å². The van der Waals surface area contributed by atoms with Gasteiger partial charge in [0.15, 0.2) is 9.84 Å². The fourth-order valence-electron chi connectivity index (χ4n) is 1.72. The number of hydrogen-bond donors (Lipinski definition) is 1. The highest BCUT2D eigenvalue weighted by Gasteiger charge is 2.14. The molecule has 7 heteroatoms. The first-order valence-electron chi connectivity index (χ1n) is 6.35. The van der Waals surface area contributed by atoms with Crippen LogP contribution in [-0.2, 0) is 9.84 Å². The van der Waals surface area contributed by atoms with Gasteiger partial charge in [-0.15, -0.1) is 0 Å². The molecule has 0 saturated carbocycles. The summed E-state index contributed by atoms with van der Waals surface area (Å²) in [5.41, 5.74) is 0.222. The summed E-state index contributed by atoms with van der Waals surface area (Å²) in [4.78, 5) is 19.9. The van der Waals surface area contributed by atoms with Crippen LogP contribution in [0, 0.1) is 6.92 Å². The Labute approximate surface area is 123 Å². The Kier molecular flexibility index (Phi) is 4.64. The number of nitrogens with one attached hydrogen (secondary N) is 1. The molecule has 21 heavy (non-hydrogen) atoms. The molecule has 0 aliphatic carbocycles. The average molecular weight is 305 g/mol. The van der Waals surface area contributed by atoms with E-state index in [1.54, 1.807) is 25.1 Å². The molecule has 0 unspecified atom stereocenters. The van der Waals surface area contributed by atoms with Crippen LogP contribution in [0.4, 0.5) is 0 Å². The zero-order valence-corrected chi connectivity index (χ0v) is 12.3. The standard InChI is InChI=1S/C14H15N3O3S/c1-11-15-8-7-13(17-11)14(18)16-9-10-21(19,20)12-5-3-2-4-6-12/h2-8H,9-10H2,1H3,(H,16,18). The molecule has 1 N–H and O–H groups in total. The van der Waals surface area contributed by atoms with Crippen molar-refractivity contribution in [2.24, 2.45) is 0 Å². The van der Waals surface area contributed by atoms with E-state index in [0.29, 0.717) is 5.82 Å². The zero-order valence-electron chi connectivity index (χ0n) is 11.5. The van der Waals surface area contributed by atoms with Gasteiger partial charge in [0.25, 0.3) is 5.91 Å². The monoisotopic (exact) mass is 305 g/mol. The summed E-state index contributed by atoms with van der Waals surface area (Å²) in [5.74, 6) is -0.0874. The first kappa shape index (κ1) is 15.1. The van der Waals surface area contributed by atoms with Gasteiger partial charge in [0.1, 0.15) is 11.5 Å². The normalized spacial score (nSPS) is 11.1. The summed E-state index contributed by atoms with van der Waals surface area (Å²) in [6.07, 6.45) is 1.48. The highest BCUT2D eigenvalue weighted by atomic mass is 32.2. The van der Waals surface area contributed by atoms with Crippen LogP contribution < -0.4 is 5.32 Å². The topological polar surface area (TPSA) is 89.0 Å². The van der Waals surface area contributed by atoms with Crippen LogP contribution >= 0.6 is 0 Å². The maximum Gasteiger partial charge on any atom is 0.270 e. The molecule has 0 atom stereocenters. The molecule has 0 aliphatic heterocycles. The second kappa shape index (κ2) is 6.45. The molecule has 1 aromatic carbocycles. The molecular formula is C14H15N3O3S. The van der Waals surface area contributed by atoms with E-state index in [9.17, 15) is 13.2 Å². The third kappa shape index (κ3) is 4.09. The van der Waals surface area contributed by atoms with E-state index < -0.39 is 15.7 Å². The molecule has 1 aromatic heterocycles. The maximum absolute atomic E-state index is 12.0.